The fourth-order valence-corrected chi connectivity index (χ4v) is 2.91. The Morgan fingerprint density at radius 3 is 2.45 bits per heavy atom. The number of nitrogens with zero attached hydrogens (tertiary/aromatic N) is 5. The molecule has 0 amide bonds. The fraction of sp³-hybridized carbons (Fsp3) is 0.100. The van der Waals surface area contributed by atoms with E-state index in [1.165, 1.54) is 38.5 Å². The van der Waals surface area contributed by atoms with Crippen molar-refractivity contribution in [2.75, 3.05) is 0 Å². The highest BCUT2D eigenvalue weighted by Gasteiger charge is 2.10. The molecule has 0 N–H and O–H groups in total. The van der Waals surface area contributed by atoms with Crippen LogP contribution in [0.2, 0.25) is 0 Å². The highest BCUT2D eigenvalue weighted by molar-refractivity contribution is 5.31. The summed E-state index contributed by atoms with van der Waals surface area (Å²) in [5.74, 6) is -1.34. The van der Waals surface area contributed by atoms with Gasteiger partial charge in [0.15, 0.2) is 0 Å². The first-order valence-electron chi connectivity index (χ1n) is 8.72. The summed E-state index contributed by atoms with van der Waals surface area (Å²) < 4.78 is 30.7. The molecule has 4 aromatic rings. The third-order valence-electron chi connectivity index (χ3n) is 4.36. The Kier molecular flexibility index (Phi) is 4.86. The quantitative estimate of drug-likeness (QED) is 0.484. The molecule has 0 atom stereocenters. The van der Waals surface area contributed by atoms with Gasteiger partial charge in [-0.3, -0.25) is 14.2 Å². The Balaban J connectivity index is 1.55. The Morgan fingerprint density at radius 2 is 1.69 bits per heavy atom. The monoisotopic (exact) mass is 395 g/mol. The minimum absolute atomic E-state index is 0.0373. The molecule has 146 valence electrons. The lowest BCUT2D eigenvalue weighted by Gasteiger charge is -2.07. The van der Waals surface area contributed by atoms with Crippen LogP contribution in [0.3, 0.4) is 0 Å². The normalized spacial score (nSPS) is 11.0. The summed E-state index contributed by atoms with van der Waals surface area (Å²) in [5, 5.41) is 7.85. The van der Waals surface area contributed by atoms with Gasteiger partial charge >= 0.3 is 11.1 Å². The van der Waals surface area contributed by atoms with Gasteiger partial charge in [-0.05, 0) is 18.2 Å². The van der Waals surface area contributed by atoms with E-state index in [1.54, 1.807) is 24.3 Å². The predicted octanol–water partition coefficient (Wildman–Crippen LogP) is 1.97. The molecule has 0 aliphatic heterocycles. The van der Waals surface area contributed by atoms with Crippen LogP contribution in [0.5, 0.6) is 0 Å². The van der Waals surface area contributed by atoms with E-state index >= 15 is 0 Å². The van der Waals surface area contributed by atoms with Crippen molar-refractivity contribution in [3.05, 3.63) is 111 Å². The second-order valence-corrected chi connectivity index (χ2v) is 6.39. The minimum Gasteiger partial charge on any atom is -0.303 e. The molecule has 7 nitrogen and oxygen atoms in total. The lowest BCUT2D eigenvalue weighted by molar-refractivity contribution is 0.554. The molecule has 0 aliphatic rings. The molecule has 0 saturated carbocycles. The zero-order valence-electron chi connectivity index (χ0n) is 15.1. The number of para-hydroxylation sites is 1. The highest BCUT2D eigenvalue weighted by atomic mass is 19.1. The Bertz CT molecular complexity index is 1280. The molecular formula is C20H15F2N5O2. The molecule has 0 unspecified atom stereocenters. The highest BCUT2D eigenvalue weighted by Crippen LogP contribution is 2.11. The molecule has 0 bridgehead atoms. The fourth-order valence-electron chi connectivity index (χ4n) is 2.91. The zero-order valence-corrected chi connectivity index (χ0v) is 15.1. The van der Waals surface area contributed by atoms with Crippen molar-refractivity contribution in [2.45, 2.75) is 13.1 Å². The van der Waals surface area contributed by atoms with E-state index in [0.717, 1.165) is 12.1 Å². The lowest BCUT2D eigenvalue weighted by Crippen LogP contribution is -2.40. The number of rotatable bonds is 5. The van der Waals surface area contributed by atoms with Crippen molar-refractivity contribution >= 4 is 0 Å². The third-order valence-corrected chi connectivity index (χ3v) is 4.36. The van der Waals surface area contributed by atoms with E-state index in [-0.39, 0.29) is 18.7 Å². The number of hydrogen-bond acceptors (Lipinski definition) is 4. The number of benzene rings is 2. The molecule has 29 heavy (non-hydrogen) atoms. The molecule has 2 aromatic heterocycles. The van der Waals surface area contributed by atoms with Crippen molar-refractivity contribution in [2.24, 2.45) is 0 Å². The first-order chi connectivity index (χ1) is 14.0. The average Bonchev–Trinajstić information content (AvgIpc) is 3.15. The van der Waals surface area contributed by atoms with Gasteiger partial charge in [-0.15, -0.1) is 5.10 Å². The summed E-state index contributed by atoms with van der Waals surface area (Å²) >= 11 is 0. The maximum Gasteiger partial charge on any atom is 0.320 e. The van der Waals surface area contributed by atoms with Crippen LogP contribution in [0.25, 0.3) is 5.69 Å². The molecule has 4 rings (SSSR count). The zero-order chi connectivity index (χ0) is 20.4. The van der Waals surface area contributed by atoms with Gasteiger partial charge in [-0.1, -0.05) is 29.5 Å². The van der Waals surface area contributed by atoms with E-state index in [4.69, 9.17) is 0 Å². The van der Waals surface area contributed by atoms with E-state index < -0.39 is 22.8 Å². The molecular weight excluding hydrogens is 380 g/mol. The van der Waals surface area contributed by atoms with E-state index in [0.29, 0.717) is 11.4 Å². The average molecular weight is 395 g/mol. The van der Waals surface area contributed by atoms with Crippen LogP contribution in [0, 0.1) is 11.6 Å². The van der Waals surface area contributed by atoms with Crippen molar-refractivity contribution in [1.29, 1.82) is 0 Å². The van der Waals surface area contributed by atoms with Crippen molar-refractivity contribution < 1.29 is 8.78 Å². The van der Waals surface area contributed by atoms with Crippen LogP contribution >= 0.6 is 0 Å². The maximum atomic E-state index is 13.8. The molecule has 0 saturated heterocycles. The summed E-state index contributed by atoms with van der Waals surface area (Å²) in [6.45, 7) is 0.0964. The largest absolute Gasteiger partial charge is 0.320 e. The van der Waals surface area contributed by atoms with Crippen LogP contribution < -0.4 is 11.1 Å². The van der Waals surface area contributed by atoms with Crippen molar-refractivity contribution in [3.63, 3.8) is 0 Å². The van der Waals surface area contributed by atoms with Gasteiger partial charge in [0, 0.05) is 29.7 Å². The molecule has 2 aromatic carbocycles. The SMILES string of the molecule is O=c1c(=O)n(-c2ccccc2)ccn1Cc1cn(Cc2ccc(F)cc2F)nn1. The van der Waals surface area contributed by atoms with E-state index in [9.17, 15) is 18.4 Å². The van der Waals surface area contributed by atoms with Gasteiger partial charge < -0.3 is 4.57 Å². The van der Waals surface area contributed by atoms with Crippen LogP contribution in [0.4, 0.5) is 8.78 Å². The van der Waals surface area contributed by atoms with Crippen molar-refractivity contribution in [1.82, 2.24) is 24.1 Å². The summed E-state index contributed by atoms with van der Waals surface area (Å²) in [7, 11) is 0. The summed E-state index contributed by atoms with van der Waals surface area (Å²) in [6.07, 6.45) is 4.55. The summed E-state index contributed by atoms with van der Waals surface area (Å²) in [4.78, 5) is 24.8. The molecule has 9 heteroatoms. The molecule has 0 radical (unpaired) electrons. The van der Waals surface area contributed by atoms with E-state index in [1.807, 2.05) is 6.07 Å². The summed E-state index contributed by atoms with van der Waals surface area (Å²) in [6, 6.07) is 12.1. The van der Waals surface area contributed by atoms with Gasteiger partial charge in [0.1, 0.15) is 17.3 Å². The van der Waals surface area contributed by atoms with Crippen LogP contribution in [-0.2, 0) is 13.1 Å². The molecule has 0 fully saturated rings. The first kappa shape index (κ1) is 18.5. The maximum absolute atomic E-state index is 13.8. The van der Waals surface area contributed by atoms with Crippen LogP contribution in [0.15, 0.2) is 76.7 Å². The van der Waals surface area contributed by atoms with Gasteiger partial charge in [0.05, 0.1) is 19.3 Å². The second-order valence-electron chi connectivity index (χ2n) is 6.39. The molecule has 0 aliphatic carbocycles. The number of aromatic nitrogens is 5. The Morgan fingerprint density at radius 1 is 0.897 bits per heavy atom. The van der Waals surface area contributed by atoms with Gasteiger partial charge in [-0.2, -0.15) is 0 Å². The van der Waals surface area contributed by atoms with Gasteiger partial charge in [0.2, 0.25) is 0 Å². The van der Waals surface area contributed by atoms with Crippen LogP contribution in [0.1, 0.15) is 11.3 Å². The Hall–Kier alpha value is -3.88. The topological polar surface area (TPSA) is 74.7 Å². The second kappa shape index (κ2) is 7.63. The van der Waals surface area contributed by atoms with Gasteiger partial charge in [0.25, 0.3) is 0 Å². The molecule has 0 spiro atoms. The molecule has 2 heterocycles. The van der Waals surface area contributed by atoms with Gasteiger partial charge in [-0.25, -0.2) is 13.5 Å². The number of hydrogen-bond donors (Lipinski definition) is 0. The van der Waals surface area contributed by atoms with E-state index in [2.05, 4.69) is 10.3 Å². The standard InChI is InChI=1S/C20H15F2N5O2/c21-15-7-6-14(18(22)10-15)11-26-13-16(23-24-26)12-25-8-9-27(20(29)19(25)28)17-4-2-1-3-5-17/h1-10,13H,11-12H2. The predicted molar refractivity (Wildman–Crippen MR) is 101 cm³/mol. The Labute approximate surface area is 163 Å². The number of halogens is 2. The summed E-state index contributed by atoms with van der Waals surface area (Å²) in [5.41, 5.74) is -0.110. The lowest BCUT2D eigenvalue weighted by atomic mass is 10.2. The van der Waals surface area contributed by atoms with Crippen LogP contribution in [-0.4, -0.2) is 24.1 Å². The smallest absolute Gasteiger partial charge is 0.303 e. The first-order valence-corrected chi connectivity index (χ1v) is 8.72. The third kappa shape index (κ3) is 3.88. The minimum atomic E-state index is -0.699. The van der Waals surface area contributed by atoms with Crippen molar-refractivity contribution in [3.8, 4) is 5.69 Å².